The van der Waals surface area contributed by atoms with Crippen molar-refractivity contribution in [2.24, 2.45) is 11.8 Å². The maximum absolute atomic E-state index is 12.4. The number of fused-ring (bicyclic) bond motifs is 1. The Morgan fingerprint density at radius 2 is 1.85 bits per heavy atom. The Labute approximate surface area is 162 Å². The van der Waals surface area contributed by atoms with E-state index in [1.807, 2.05) is 38.1 Å². The number of halogens is 1. The molecule has 1 saturated carbocycles. The van der Waals surface area contributed by atoms with Gasteiger partial charge in [-0.05, 0) is 42.9 Å². The standard InChI is InChI=1S/C20H29N3O2.ClH/c1-13(2)19(24)22-16-9-7-14(8-10-16)12-21-20(25)18-11-15-5-3-4-6-17(15)23-18;/h7-10,13,15,17-18,23H,3-6,11-12H2,1-2H3,(H,21,25)(H,22,24);1H. The zero-order valence-electron chi connectivity index (χ0n) is 15.6. The van der Waals surface area contributed by atoms with Gasteiger partial charge in [-0.3, -0.25) is 9.59 Å². The molecule has 1 aliphatic carbocycles. The van der Waals surface area contributed by atoms with Gasteiger partial charge in [0.25, 0.3) is 0 Å². The number of amides is 2. The van der Waals surface area contributed by atoms with Crippen LogP contribution in [0.3, 0.4) is 0 Å². The highest BCUT2D eigenvalue weighted by atomic mass is 35.5. The van der Waals surface area contributed by atoms with Crippen LogP contribution in [-0.2, 0) is 16.1 Å². The first-order valence-corrected chi connectivity index (χ1v) is 9.46. The van der Waals surface area contributed by atoms with E-state index in [1.165, 1.54) is 25.7 Å². The molecule has 26 heavy (non-hydrogen) atoms. The molecule has 0 spiro atoms. The summed E-state index contributed by atoms with van der Waals surface area (Å²) in [7, 11) is 0. The number of rotatable bonds is 5. The molecule has 3 N–H and O–H groups in total. The van der Waals surface area contributed by atoms with E-state index in [4.69, 9.17) is 0 Å². The first kappa shape index (κ1) is 20.7. The second-order valence-corrected chi connectivity index (χ2v) is 7.66. The van der Waals surface area contributed by atoms with Crippen LogP contribution in [0.25, 0.3) is 0 Å². The summed E-state index contributed by atoms with van der Waals surface area (Å²) in [5, 5.41) is 9.42. The third-order valence-corrected chi connectivity index (χ3v) is 5.39. The van der Waals surface area contributed by atoms with Gasteiger partial charge in [0.1, 0.15) is 0 Å². The van der Waals surface area contributed by atoms with Crippen molar-refractivity contribution in [3.63, 3.8) is 0 Å². The van der Waals surface area contributed by atoms with E-state index in [-0.39, 0.29) is 36.2 Å². The zero-order chi connectivity index (χ0) is 17.8. The Morgan fingerprint density at radius 1 is 1.15 bits per heavy atom. The topological polar surface area (TPSA) is 70.2 Å². The normalized spacial score (nSPS) is 24.5. The third-order valence-electron chi connectivity index (χ3n) is 5.39. The lowest BCUT2D eigenvalue weighted by molar-refractivity contribution is -0.123. The minimum Gasteiger partial charge on any atom is -0.351 e. The fourth-order valence-corrected chi connectivity index (χ4v) is 3.83. The van der Waals surface area contributed by atoms with E-state index in [0.717, 1.165) is 17.7 Å². The van der Waals surface area contributed by atoms with Gasteiger partial charge in [-0.1, -0.05) is 38.8 Å². The number of carbonyl (C=O) groups is 2. The Bertz CT molecular complexity index is 604. The van der Waals surface area contributed by atoms with Gasteiger partial charge >= 0.3 is 0 Å². The molecule has 2 amide bonds. The summed E-state index contributed by atoms with van der Waals surface area (Å²) in [6.45, 7) is 4.25. The van der Waals surface area contributed by atoms with Gasteiger partial charge in [0.15, 0.2) is 0 Å². The highest BCUT2D eigenvalue weighted by Crippen LogP contribution is 2.33. The van der Waals surface area contributed by atoms with Crippen LogP contribution in [0.5, 0.6) is 0 Å². The van der Waals surface area contributed by atoms with Gasteiger partial charge in [-0.25, -0.2) is 0 Å². The molecule has 2 aliphatic rings. The molecule has 3 atom stereocenters. The third kappa shape index (κ3) is 5.21. The highest BCUT2D eigenvalue weighted by Gasteiger charge is 2.37. The van der Waals surface area contributed by atoms with Gasteiger partial charge in [0.05, 0.1) is 6.04 Å². The van der Waals surface area contributed by atoms with Crippen molar-refractivity contribution in [2.75, 3.05) is 5.32 Å². The molecule has 3 rings (SSSR count). The van der Waals surface area contributed by atoms with Crippen LogP contribution in [-0.4, -0.2) is 23.9 Å². The largest absolute Gasteiger partial charge is 0.351 e. The molecular formula is C20H30ClN3O2. The van der Waals surface area contributed by atoms with Gasteiger partial charge in [-0.2, -0.15) is 0 Å². The predicted molar refractivity (Wildman–Crippen MR) is 106 cm³/mol. The summed E-state index contributed by atoms with van der Waals surface area (Å²) >= 11 is 0. The lowest BCUT2D eigenvalue weighted by atomic mass is 9.85. The maximum Gasteiger partial charge on any atom is 0.237 e. The fourth-order valence-electron chi connectivity index (χ4n) is 3.83. The SMILES string of the molecule is CC(C)C(=O)Nc1ccc(CNC(=O)C2CC3CCCCC3N2)cc1.Cl. The van der Waals surface area contributed by atoms with Crippen molar-refractivity contribution in [1.82, 2.24) is 10.6 Å². The van der Waals surface area contributed by atoms with Crippen molar-refractivity contribution in [3.05, 3.63) is 29.8 Å². The number of carbonyl (C=O) groups excluding carboxylic acids is 2. The Kier molecular flexibility index (Phi) is 7.47. The van der Waals surface area contributed by atoms with Crippen molar-refractivity contribution >= 4 is 29.9 Å². The van der Waals surface area contributed by atoms with E-state index in [9.17, 15) is 9.59 Å². The number of nitrogens with one attached hydrogen (secondary N) is 3. The van der Waals surface area contributed by atoms with Gasteiger partial charge in [0, 0.05) is 24.2 Å². The molecule has 5 nitrogen and oxygen atoms in total. The van der Waals surface area contributed by atoms with E-state index in [0.29, 0.717) is 18.5 Å². The minimum atomic E-state index is -0.0438. The van der Waals surface area contributed by atoms with Crippen molar-refractivity contribution < 1.29 is 9.59 Å². The fraction of sp³-hybridized carbons (Fsp3) is 0.600. The van der Waals surface area contributed by atoms with Crippen molar-refractivity contribution in [2.45, 2.75) is 64.6 Å². The summed E-state index contributed by atoms with van der Waals surface area (Å²) in [5.41, 5.74) is 1.82. The lowest BCUT2D eigenvalue weighted by Gasteiger charge is -2.24. The Balaban J connectivity index is 0.00000243. The molecule has 2 fully saturated rings. The number of benzene rings is 1. The molecule has 6 heteroatoms. The van der Waals surface area contributed by atoms with Crippen LogP contribution in [0, 0.1) is 11.8 Å². The van der Waals surface area contributed by atoms with Crippen LogP contribution in [0.4, 0.5) is 5.69 Å². The number of hydrogen-bond donors (Lipinski definition) is 3. The van der Waals surface area contributed by atoms with Gasteiger partial charge in [0.2, 0.25) is 11.8 Å². The smallest absolute Gasteiger partial charge is 0.237 e. The second-order valence-electron chi connectivity index (χ2n) is 7.66. The molecule has 1 aromatic carbocycles. The van der Waals surface area contributed by atoms with E-state index < -0.39 is 0 Å². The first-order valence-electron chi connectivity index (χ1n) is 9.46. The van der Waals surface area contributed by atoms with Crippen LogP contribution in [0.2, 0.25) is 0 Å². The first-order chi connectivity index (χ1) is 12.0. The van der Waals surface area contributed by atoms with Crippen LogP contribution >= 0.6 is 12.4 Å². The Hall–Kier alpha value is -1.59. The minimum absolute atomic E-state index is 0. The summed E-state index contributed by atoms with van der Waals surface area (Å²) in [5.74, 6) is 0.747. The summed E-state index contributed by atoms with van der Waals surface area (Å²) in [4.78, 5) is 24.1. The molecular weight excluding hydrogens is 350 g/mol. The van der Waals surface area contributed by atoms with Crippen LogP contribution in [0.15, 0.2) is 24.3 Å². The summed E-state index contributed by atoms with van der Waals surface area (Å²) in [6, 6.07) is 8.14. The Morgan fingerprint density at radius 3 is 2.50 bits per heavy atom. The average Bonchev–Trinajstić information content (AvgIpc) is 3.05. The van der Waals surface area contributed by atoms with Gasteiger partial charge < -0.3 is 16.0 Å². The molecule has 144 valence electrons. The highest BCUT2D eigenvalue weighted by molar-refractivity contribution is 5.92. The van der Waals surface area contributed by atoms with Crippen molar-refractivity contribution in [3.8, 4) is 0 Å². The molecule has 1 aromatic rings. The number of anilines is 1. The monoisotopic (exact) mass is 379 g/mol. The van der Waals surface area contributed by atoms with Gasteiger partial charge in [-0.15, -0.1) is 12.4 Å². The molecule has 0 radical (unpaired) electrons. The molecule has 1 aliphatic heterocycles. The van der Waals surface area contributed by atoms with E-state index >= 15 is 0 Å². The summed E-state index contributed by atoms with van der Waals surface area (Å²) < 4.78 is 0. The average molecular weight is 380 g/mol. The molecule has 3 unspecified atom stereocenters. The summed E-state index contributed by atoms with van der Waals surface area (Å²) in [6.07, 6.45) is 6.01. The van der Waals surface area contributed by atoms with Crippen LogP contribution < -0.4 is 16.0 Å². The molecule has 0 aromatic heterocycles. The van der Waals surface area contributed by atoms with Crippen molar-refractivity contribution in [1.29, 1.82) is 0 Å². The molecule has 1 heterocycles. The van der Waals surface area contributed by atoms with E-state index in [2.05, 4.69) is 16.0 Å². The second kappa shape index (κ2) is 9.38. The quantitative estimate of drug-likeness (QED) is 0.735. The molecule has 0 bridgehead atoms. The van der Waals surface area contributed by atoms with Crippen LogP contribution in [0.1, 0.15) is 51.5 Å². The van der Waals surface area contributed by atoms with E-state index in [1.54, 1.807) is 0 Å². The lowest BCUT2D eigenvalue weighted by Crippen LogP contribution is -2.42. The zero-order valence-corrected chi connectivity index (χ0v) is 16.4. The number of hydrogen-bond acceptors (Lipinski definition) is 3. The predicted octanol–water partition coefficient (Wildman–Crippen LogP) is 3.24. The maximum atomic E-state index is 12.4. The molecule has 1 saturated heterocycles.